The fourth-order valence-electron chi connectivity index (χ4n) is 1.57. The molecule has 0 amide bonds. The monoisotopic (exact) mass is 246 g/mol. The number of rotatable bonds is 4. The fourth-order valence-corrected chi connectivity index (χ4v) is 1.57. The lowest BCUT2D eigenvalue weighted by Gasteiger charge is -2.27. The molecule has 0 saturated carbocycles. The van der Waals surface area contributed by atoms with Gasteiger partial charge in [-0.2, -0.15) is 13.2 Å². The molecule has 1 aromatic rings. The summed E-state index contributed by atoms with van der Waals surface area (Å²) < 4.78 is 37.1. The van der Waals surface area contributed by atoms with Gasteiger partial charge in [0.1, 0.15) is 0 Å². The summed E-state index contributed by atoms with van der Waals surface area (Å²) in [5.41, 5.74) is 5.59. The summed E-state index contributed by atoms with van der Waals surface area (Å²) in [5, 5.41) is 0. The molecule has 0 aliphatic carbocycles. The first-order valence-corrected chi connectivity index (χ1v) is 5.46. The van der Waals surface area contributed by atoms with Crippen LogP contribution in [-0.2, 0) is 6.18 Å². The van der Waals surface area contributed by atoms with Gasteiger partial charge in [0.25, 0.3) is 0 Å². The number of hydrogen-bond donors (Lipinski definition) is 1. The van der Waals surface area contributed by atoms with Gasteiger partial charge in [-0.1, -0.05) is 0 Å². The van der Waals surface area contributed by atoms with Crippen molar-refractivity contribution >= 4 is 5.69 Å². The Hall–Kier alpha value is -1.23. The van der Waals surface area contributed by atoms with Crippen molar-refractivity contribution in [2.75, 3.05) is 18.5 Å². The van der Waals surface area contributed by atoms with E-state index in [1.54, 1.807) is 0 Å². The quantitative estimate of drug-likeness (QED) is 0.885. The third-order valence-electron chi connectivity index (χ3n) is 2.85. The van der Waals surface area contributed by atoms with Gasteiger partial charge in [-0.3, -0.25) is 0 Å². The molecule has 0 saturated heterocycles. The zero-order chi connectivity index (χ0) is 13.1. The van der Waals surface area contributed by atoms with Crippen molar-refractivity contribution in [1.29, 1.82) is 0 Å². The molecular formula is C12H17F3N2. The smallest absolute Gasteiger partial charge is 0.372 e. The Kier molecular flexibility index (Phi) is 4.40. The van der Waals surface area contributed by atoms with E-state index in [2.05, 4.69) is 0 Å². The molecule has 5 heteroatoms. The summed E-state index contributed by atoms with van der Waals surface area (Å²) in [4.78, 5) is 1.92. The van der Waals surface area contributed by atoms with Crippen molar-refractivity contribution in [2.45, 2.75) is 25.6 Å². The van der Waals surface area contributed by atoms with Gasteiger partial charge in [-0.25, -0.2) is 0 Å². The van der Waals surface area contributed by atoms with Crippen LogP contribution in [0.25, 0.3) is 0 Å². The van der Waals surface area contributed by atoms with Gasteiger partial charge in [-0.15, -0.1) is 0 Å². The minimum absolute atomic E-state index is 0.205. The van der Waals surface area contributed by atoms with Crippen LogP contribution >= 0.6 is 0 Å². The van der Waals surface area contributed by atoms with Crippen molar-refractivity contribution in [2.24, 2.45) is 5.73 Å². The molecule has 0 radical (unpaired) electrons. The predicted molar refractivity (Wildman–Crippen MR) is 63.0 cm³/mol. The van der Waals surface area contributed by atoms with E-state index in [1.165, 1.54) is 12.1 Å². The molecule has 0 aliphatic rings. The van der Waals surface area contributed by atoms with Gasteiger partial charge in [0.15, 0.2) is 0 Å². The lowest BCUT2D eigenvalue weighted by molar-refractivity contribution is -0.137. The van der Waals surface area contributed by atoms with Gasteiger partial charge in [0.05, 0.1) is 5.56 Å². The Morgan fingerprint density at radius 2 is 1.76 bits per heavy atom. The van der Waals surface area contributed by atoms with Crippen molar-refractivity contribution in [3.8, 4) is 0 Å². The highest BCUT2D eigenvalue weighted by Gasteiger charge is 2.30. The molecule has 0 aliphatic heterocycles. The fraction of sp³-hybridized carbons (Fsp3) is 0.500. The average molecular weight is 246 g/mol. The lowest BCUT2D eigenvalue weighted by Crippen LogP contribution is -2.30. The first-order valence-electron chi connectivity index (χ1n) is 5.46. The van der Waals surface area contributed by atoms with Crippen LogP contribution < -0.4 is 10.6 Å². The molecule has 1 unspecified atom stereocenters. The van der Waals surface area contributed by atoms with E-state index in [9.17, 15) is 13.2 Å². The maximum Gasteiger partial charge on any atom is 0.416 e. The zero-order valence-corrected chi connectivity index (χ0v) is 9.96. The Morgan fingerprint density at radius 3 is 2.18 bits per heavy atom. The van der Waals surface area contributed by atoms with Crippen LogP contribution in [0.2, 0.25) is 0 Å². The average Bonchev–Trinajstić information content (AvgIpc) is 2.27. The van der Waals surface area contributed by atoms with Crippen molar-refractivity contribution in [3.05, 3.63) is 29.8 Å². The highest BCUT2D eigenvalue weighted by molar-refractivity contribution is 5.48. The highest BCUT2D eigenvalue weighted by Crippen LogP contribution is 2.30. The van der Waals surface area contributed by atoms with Crippen molar-refractivity contribution < 1.29 is 13.2 Å². The largest absolute Gasteiger partial charge is 0.416 e. The third-order valence-corrected chi connectivity index (χ3v) is 2.85. The maximum atomic E-state index is 12.4. The number of anilines is 1. The molecule has 0 fully saturated rings. The molecule has 1 aromatic carbocycles. The van der Waals surface area contributed by atoms with E-state index in [0.29, 0.717) is 6.54 Å². The van der Waals surface area contributed by atoms with Crippen LogP contribution in [-0.4, -0.2) is 19.6 Å². The molecule has 0 heterocycles. The number of halogens is 3. The van der Waals surface area contributed by atoms with Crippen LogP contribution in [0.4, 0.5) is 18.9 Å². The third kappa shape index (κ3) is 3.63. The van der Waals surface area contributed by atoms with Crippen LogP contribution in [0, 0.1) is 0 Å². The molecule has 2 N–H and O–H groups in total. The molecule has 96 valence electrons. The predicted octanol–water partition coefficient (Wildman–Crippen LogP) is 2.88. The van der Waals surface area contributed by atoms with Crippen molar-refractivity contribution in [1.82, 2.24) is 0 Å². The van der Waals surface area contributed by atoms with E-state index in [4.69, 9.17) is 5.73 Å². The highest BCUT2D eigenvalue weighted by atomic mass is 19.4. The standard InChI is InChI=1S/C12H17F3N2/c1-9(7-8-16)17(2)11-5-3-10(4-6-11)12(13,14)15/h3-6,9H,7-8,16H2,1-2H3. The minimum atomic E-state index is -4.28. The zero-order valence-electron chi connectivity index (χ0n) is 9.96. The summed E-state index contributed by atoms with van der Waals surface area (Å²) in [6, 6.07) is 5.37. The lowest BCUT2D eigenvalue weighted by atomic mass is 10.1. The minimum Gasteiger partial charge on any atom is -0.372 e. The Balaban J connectivity index is 2.80. The van der Waals surface area contributed by atoms with Gasteiger partial charge in [-0.05, 0) is 44.2 Å². The summed E-state index contributed by atoms with van der Waals surface area (Å²) in [6.45, 7) is 2.55. The van der Waals surface area contributed by atoms with Crippen LogP contribution in [0.3, 0.4) is 0 Å². The number of nitrogens with two attached hydrogens (primary N) is 1. The molecule has 0 spiro atoms. The Morgan fingerprint density at radius 1 is 1.24 bits per heavy atom. The van der Waals surface area contributed by atoms with E-state index in [1.807, 2.05) is 18.9 Å². The van der Waals surface area contributed by atoms with Crippen LogP contribution in [0.5, 0.6) is 0 Å². The van der Waals surface area contributed by atoms with Gasteiger partial charge in [0, 0.05) is 18.8 Å². The molecule has 2 nitrogen and oxygen atoms in total. The van der Waals surface area contributed by atoms with Gasteiger partial charge in [0.2, 0.25) is 0 Å². The van der Waals surface area contributed by atoms with E-state index in [-0.39, 0.29) is 6.04 Å². The number of hydrogen-bond acceptors (Lipinski definition) is 2. The number of alkyl halides is 3. The number of benzene rings is 1. The van der Waals surface area contributed by atoms with Crippen molar-refractivity contribution in [3.63, 3.8) is 0 Å². The Bertz CT molecular complexity index is 346. The second-order valence-electron chi connectivity index (χ2n) is 4.08. The summed E-state index contributed by atoms with van der Waals surface area (Å²) in [6.07, 6.45) is -3.47. The summed E-state index contributed by atoms with van der Waals surface area (Å²) >= 11 is 0. The van der Waals surface area contributed by atoms with Crippen LogP contribution in [0.15, 0.2) is 24.3 Å². The normalized spacial score (nSPS) is 13.5. The molecule has 17 heavy (non-hydrogen) atoms. The Labute approximate surface area is 99.2 Å². The number of nitrogens with zero attached hydrogens (tertiary/aromatic N) is 1. The SMILES string of the molecule is CC(CCN)N(C)c1ccc(C(F)(F)F)cc1. The maximum absolute atomic E-state index is 12.4. The van der Waals surface area contributed by atoms with Gasteiger partial charge < -0.3 is 10.6 Å². The molecular weight excluding hydrogens is 229 g/mol. The van der Waals surface area contributed by atoms with Crippen LogP contribution in [0.1, 0.15) is 18.9 Å². The molecule has 0 aromatic heterocycles. The first-order chi connectivity index (χ1) is 7.86. The molecule has 1 atom stereocenters. The van der Waals surface area contributed by atoms with E-state index >= 15 is 0 Å². The molecule has 1 rings (SSSR count). The summed E-state index contributed by atoms with van der Waals surface area (Å²) in [5.74, 6) is 0. The topological polar surface area (TPSA) is 29.3 Å². The second-order valence-corrected chi connectivity index (χ2v) is 4.08. The molecule has 0 bridgehead atoms. The second kappa shape index (κ2) is 5.40. The van der Waals surface area contributed by atoms with E-state index in [0.717, 1.165) is 24.2 Å². The van der Waals surface area contributed by atoms with E-state index < -0.39 is 11.7 Å². The first kappa shape index (κ1) is 13.8. The summed E-state index contributed by atoms with van der Waals surface area (Å²) in [7, 11) is 1.85. The van der Waals surface area contributed by atoms with Gasteiger partial charge >= 0.3 is 6.18 Å².